The van der Waals surface area contributed by atoms with Crippen LogP contribution in [-0.4, -0.2) is 47.0 Å². The Hall–Kier alpha value is -3.41. The van der Waals surface area contributed by atoms with E-state index in [4.69, 9.17) is 0 Å². The second-order valence-corrected chi connectivity index (χ2v) is 9.11. The van der Waals surface area contributed by atoms with E-state index in [0.717, 1.165) is 34.4 Å². The highest BCUT2D eigenvalue weighted by Crippen LogP contribution is 2.36. The number of hydrogen-bond acceptors (Lipinski definition) is 3. The standard InChI is InChI=1S/C27H32N4O2/c1-5-23-19(3)24(30-29-23)25(32)31-14-13-27(17-31,26(33)28-4)16-20-7-6-8-22(15-20)21-11-9-18(2)10-12-21/h6-12,15H,5,13-14,16-17H2,1-4H3,(H,28,33)(H,29,30). The van der Waals surface area contributed by atoms with Crippen LogP contribution in [0.1, 0.15) is 46.2 Å². The highest BCUT2D eigenvalue weighted by Gasteiger charge is 2.46. The smallest absolute Gasteiger partial charge is 0.274 e. The maximum Gasteiger partial charge on any atom is 0.274 e. The van der Waals surface area contributed by atoms with Crippen molar-refractivity contribution in [2.75, 3.05) is 20.1 Å². The summed E-state index contributed by atoms with van der Waals surface area (Å²) in [4.78, 5) is 28.1. The molecule has 2 N–H and O–H groups in total. The maximum absolute atomic E-state index is 13.2. The molecule has 33 heavy (non-hydrogen) atoms. The van der Waals surface area contributed by atoms with Gasteiger partial charge in [0.25, 0.3) is 5.91 Å². The van der Waals surface area contributed by atoms with Crippen LogP contribution in [-0.2, 0) is 17.6 Å². The largest absolute Gasteiger partial charge is 0.359 e. The van der Waals surface area contributed by atoms with Gasteiger partial charge in [-0.15, -0.1) is 0 Å². The van der Waals surface area contributed by atoms with Crippen LogP contribution in [0.5, 0.6) is 0 Å². The number of carbonyl (C=O) groups excluding carboxylic acids is 2. The minimum absolute atomic E-state index is 0.0217. The first-order chi connectivity index (χ1) is 15.9. The summed E-state index contributed by atoms with van der Waals surface area (Å²) in [7, 11) is 1.67. The van der Waals surface area contributed by atoms with E-state index in [0.29, 0.717) is 31.6 Å². The number of aromatic amines is 1. The minimum atomic E-state index is -0.659. The molecule has 1 unspecified atom stereocenters. The van der Waals surface area contributed by atoms with Crippen molar-refractivity contribution in [2.24, 2.45) is 5.41 Å². The van der Waals surface area contributed by atoms with Gasteiger partial charge in [0, 0.05) is 31.4 Å². The molecule has 1 fully saturated rings. The van der Waals surface area contributed by atoms with Crippen LogP contribution in [0.25, 0.3) is 11.1 Å². The monoisotopic (exact) mass is 444 g/mol. The van der Waals surface area contributed by atoms with Gasteiger partial charge in [-0.1, -0.05) is 61.0 Å². The van der Waals surface area contributed by atoms with Crippen LogP contribution in [0.4, 0.5) is 0 Å². The number of amides is 2. The van der Waals surface area contributed by atoms with Crippen LogP contribution in [0.15, 0.2) is 48.5 Å². The Morgan fingerprint density at radius 2 is 1.88 bits per heavy atom. The van der Waals surface area contributed by atoms with Crippen molar-refractivity contribution in [1.29, 1.82) is 0 Å². The van der Waals surface area contributed by atoms with Gasteiger partial charge in [0.15, 0.2) is 5.69 Å². The van der Waals surface area contributed by atoms with Gasteiger partial charge in [-0.05, 0) is 49.8 Å². The summed E-state index contributed by atoms with van der Waals surface area (Å²) in [6.45, 7) is 6.96. The van der Waals surface area contributed by atoms with E-state index < -0.39 is 5.41 Å². The second-order valence-electron chi connectivity index (χ2n) is 9.11. The molecule has 0 aliphatic carbocycles. The van der Waals surface area contributed by atoms with E-state index in [1.807, 2.05) is 19.9 Å². The number of nitrogens with zero attached hydrogens (tertiary/aromatic N) is 2. The molecular formula is C27H32N4O2. The third-order valence-corrected chi connectivity index (χ3v) is 6.87. The van der Waals surface area contributed by atoms with Crippen LogP contribution in [0.2, 0.25) is 0 Å². The SMILES string of the molecule is CCc1[nH]nc(C(=O)N2CCC(Cc3cccc(-c4ccc(C)cc4)c3)(C(=O)NC)C2)c1C. The van der Waals surface area contributed by atoms with E-state index in [1.165, 1.54) is 5.56 Å². The first kappa shape index (κ1) is 22.8. The quantitative estimate of drug-likeness (QED) is 0.601. The second kappa shape index (κ2) is 9.22. The van der Waals surface area contributed by atoms with Crippen LogP contribution < -0.4 is 5.32 Å². The van der Waals surface area contributed by atoms with Crippen molar-refractivity contribution in [1.82, 2.24) is 20.4 Å². The number of benzene rings is 2. The first-order valence-corrected chi connectivity index (χ1v) is 11.6. The van der Waals surface area contributed by atoms with Crippen LogP contribution in [0, 0.1) is 19.3 Å². The molecule has 0 radical (unpaired) electrons. The lowest BCUT2D eigenvalue weighted by Crippen LogP contribution is -2.44. The molecule has 4 rings (SSSR count). The van der Waals surface area contributed by atoms with E-state index in [-0.39, 0.29) is 11.8 Å². The molecule has 0 spiro atoms. The topological polar surface area (TPSA) is 78.1 Å². The summed E-state index contributed by atoms with van der Waals surface area (Å²) in [6, 6.07) is 16.8. The molecule has 2 amide bonds. The summed E-state index contributed by atoms with van der Waals surface area (Å²) in [5, 5.41) is 10.1. The number of nitrogens with one attached hydrogen (secondary N) is 2. The van der Waals surface area contributed by atoms with E-state index in [2.05, 4.69) is 64.9 Å². The van der Waals surface area contributed by atoms with Crippen molar-refractivity contribution in [3.05, 3.63) is 76.6 Å². The van der Waals surface area contributed by atoms with Crippen molar-refractivity contribution in [3.63, 3.8) is 0 Å². The van der Waals surface area contributed by atoms with Gasteiger partial charge in [-0.3, -0.25) is 14.7 Å². The lowest BCUT2D eigenvalue weighted by Gasteiger charge is -2.28. The number of hydrogen-bond donors (Lipinski definition) is 2. The summed E-state index contributed by atoms with van der Waals surface area (Å²) < 4.78 is 0. The molecule has 1 aliphatic heterocycles. The molecular weight excluding hydrogens is 412 g/mol. The Bertz CT molecular complexity index is 1170. The fourth-order valence-electron chi connectivity index (χ4n) is 4.85. The first-order valence-electron chi connectivity index (χ1n) is 11.6. The van der Waals surface area contributed by atoms with E-state index >= 15 is 0 Å². The van der Waals surface area contributed by atoms with Gasteiger partial charge in [-0.2, -0.15) is 5.10 Å². The van der Waals surface area contributed by atoms with Crippen molar-refractivity contribution in [2.45, 2.75) is 40.0 Å². The molecule has 0 saturated carbocycles. The fraction of sp³-hybridized carbons (Fsp3) is 0.370. The Labute approximate surface area is 195 Å². The molecule has 0 bridgehead atoms. The molecule has 172 valence electrons. The van der Waals surface area contributed by atoms with Gasteiger partial charge >= 0.3 is 0 Å². The zero-order valence-electron chi connectivity index (χ0n) is 19.9. The molecule has 6 heteroatoms. The Balaban J connectivity index is 1.58. The number of likely N-dealkylation sites (tertiary alicyclic amines) is 1. The lowest BCUT2D eigenvalue weighted by molar-refractivity contribution is -0.129. The average molecular weight is 445 g/mol. The van der Waals surface area contributed by atoms with Gasteiger partial charge in [0.2, 0.25) is 5.91 Å². The normalized spacial score (nSPS) is 17.9. The van der Waals surface area contributed by atoms with Crippen molar-refractivity contribution < 1.29 is 9.59 Å². The summed E-state index contributed by atoms with van der Waals surface area (Å²) >= 11 is 0. The van der Waals surface area contributed by atoms with E-state index in [9.17, 15) is 9.59 Å². The van der Waals surface area contributed by atoms with Crippen molar-refractivity contribution in [3.8, 4) is 11.1 Å². The Kier molecular flexibility index (Phi) is 6.36. The third-order valence-electron chi connectivity index (χ3n) is 6.87. The van der Waals surface area contributed by atoms with E-state index in [1.54, 1.807) is 11.9 Å². The predicted octanol–water partition coefficient (Wildman–Crippen LogP) is 4.08. The number of aryl methyl sites for hydroxylation is 2. The molecule has 6 nitrogen and oxygen atoms in total. The molecule has 2 heterocycles. The van der Waals surface area contributed by atoms with Gasteiger partial charge in [0.1, 0.15) is 0 Å². The molecule has 1 aliphatic rings. The molecule has 1 atom stereocenters. The Morgan fingerprint density at radius 3 is 2.55 bits per heavy atom. The highest BCUT2D eigenvalue weighted by molar-refractivity contribution is 5.95. The number of rotatable bonds is 6. The average Bonchev–Trinajstić information content (AvgIpc) is 3.43. The zero-order chi connectivity index (χ0) is 23.6. The van der Waals surface area contributed by atoms with Gasteiger partial charge in [0.05, 0.1) is 5.41 Å². The van der Waals surface area contributed by atoms with Gasteiger partial charge < -0.3 is 10.2 Å². The molecule has 1 aromatic heterocycles. The van der Waals surface area contributed by atoms with Gasteiger partial charge in [-0.25, -0.2) is 0 Å². The Morgan fingerprint density at radius 1 is 1.12 bits per heavy atom. The molecule has 3 aromatic rings. The summed E-state index contributed by atoms with van der Waals surface area (Å²) in [5.74, 6) is -0.130. The van der Waals surface area contributed by atoms with Crippen LogP contribution >= 0.6 is 0 Å². The summed E-state index contributed by atoms with van der Waals surface area (Å²) in [6.07, 6.45) is 2.00. The zero-order valence-corrected chi connectivity index (χ0v) is 19.9. The van der Waals surface area contributed by atoms with Crippen LogP contribution in [0.3, 0.4) is 0 Å². The molecule has 1 saturated heterocycles. The number of aromatic nitrogens is 2. The lowest BCUT2D eigenvalue weighted by atomic mass is 9.79. The molecule has 2 aromatic carbocycles. The number of H-pyrrole nitrogens is 1. The summed E-state index contributed by atoms with van der Waals surface area (Å²) in [5.41, 5.74) is 6.27. The minimum Gasteiger partial charge on any atom is -0.359 e. The number of carbonyl (C=O) groups is 2. The third kappa shape index (κ3) is 4.42. The highest BCUT2D eigenvalue weighted by atomic mass is 16.2. The maximum atomic E-state index is 13.2. The van der Waals surface area contributed by atoms with Crippen molar-refractivity contribution >= 4 is 11.8 Å². The fourth-order valence-corrected chi connectivity index (χ4v) is 4.85. The predicted molar refractivity (Wildman–Crippen MR) is 130 cm³/mol.